The highest BCUT2D eigenvalue weighted by Gasteiger charge is 2.15. The molecule has 0 spiro atoms. The van der Waals surface area contributed by atoms with Crippen LogP contribution in [0.25, 0.3) is 0 Å². The smallest absolute Gasteiger partial charge is 0.124 e. The highest BCUT2D eigenvalue weighted by Crippen LogP contribution is 2.28. The van der Waals surface area contributed by atoms with Crippen LogP contribution in [0.4, 0.5) is 4.39 Å². The normalized spacial score (nSPS) is 12.6. The molecule has 102 valence electrons. The summed E-state index contributed by atoms with van der Waals surface area (Å²) in [7, 11) is 1.90. The molecule has 0 amide bonds. The molecule has 19 heavy (non-hydrogen) atoms. The second-order valence-electron chi connectivity index (χ2n) is 4.43. The van der Waals surface area contributed by atoms with Crippen molar-refractivity contribution >= 4 is 22.9 Å². The van der Waals surface area contributed by atoms with Gasteiger partial charge >= 0.3 is 0 Å². The number of aryl methyl sites for hydroxylation is 1. The summed E-state index contributed by atoms with van der Waals surface area (Å²) in [6, 6.07) is 9.01. The average molecular weight is 298 g/mol. The Morgan fingerprint density at radius 1 is 1.26 bits per heavy atom. The fourth-order valence-corrected chi connectivity index (χ4v) is 3.38. The molecule has 1 aromatic heterocycles. The second-order valence-corrected chi connectivity index (χ2v) is 6.09. The number of hydrogen-bond donors (Lipinski definition) is 1. The van der Waals surface area contributed by atoms with Gasteiger partial charge in [-0.1, -0.05) is 24.6 Å². The Labute approximate surface area is 122 Å². The number of hydrogen-bond acceptors (Lipinski definition) is 2. The Balaban J connectivity index is 2.19. The van der Waals surface area contributed by atoms with Crippen molar-refractivity contribution in [3.63, 3.8) is 0 Å². The second kappa shape index (κ2) is 6.51. The lowest BCUT2D eigenvalue weighted by Gasteiger charge is -2.17. The van der Waals surface area contributed by atoms with Crippen molar-refractivity contribution in [1.82, 2.24) is 5.32 Å². The van der Waals surface area contributed by atoms with Crippen molar-refractivity contribution in [2.75, 3.05) is 7.05 Å². The third-order valence-corrected chi connectivity index (χ3v) is 4.74. The van der Waals surface area contributed by atoms with Crippen molar-refractivity contribution in [1.29, 1.82) is 0 Å². The summed E-state index contributed by atoms with van der Waals surface area (Å²) in [6.07, 6.45) is 1.93. The molecule has 1 heterocycles. The highest BCUT2D eigenvalue weighted by atomic mass is 35.5. The topological polar surface area (TPSA) is 12.0 Å². The zero-order valence-electron chi connectivity index (χ0n) is 11.0. The van der Waals surface area contributed by atoms with E-state index in [1.165, 1.54) is 21.9 Å². The van der Waals surface area contributed by atoms with E-state index in [0.717, 1.165) is 18.4 Å². The summed E-state index contributed by atoms with van der Waals surface area (Å²) < 4.78 is 13.1. The third-order valence-electron chi connectivity index (χ3n) is 3.16. The van der Waals surface area contributed by atoms with Gasteiger partial charge in [0.05, 0.1) is 0 Å². The highest BCUT2D eigenvalue weighted by molar-refractivity contribution is 7.11. The van der Waals surface area contributed by atoms with Gasteiger partial charge < -0.3 is 5.32 Å². The van der Waals surface area contributed by atoms with Gasteiger partial charge in [-0.3, -0.25) is 0 Å². The van der Waals surface area contributed by atoms with E-state index in [2.05, 4.69) is 24.4 Å². The number of likely N-dealkylation sites (N-methyl/N-ethyl adjacent to an activating group) is 1. The Morgan fingerprint density at radius 3 is 2.58 bits per heavy atom. The molecule has 2 aromatic rings. The molecule has 1 N–H and O–H groups in total. The van der Waals surface area contributed by atoms with Crippen molar-refractivity contribution in [2.24, 2.45) is 0 Å². The van der Waals surface area contributed by atoms with Crippen LogP contribution in [0.3, 0.4) is 0 Å². The van der Waals surface area contributed by atoms with E-state index in [-0.39, 0.29) is 11.9 Å². The maximum Gasteiger partial charge on any atom is 0.124 e. The van der Waals surface area contributed by atoms with E-state index in [1.807, 2.05) is 18.4 Å². The molecule has 1 unspecified atom stereocenters. The van der Waals surface area contributed by atoms with Crippen LogP contribution in [0, 0.1) is 5.82 Å². The summed E-state index contributed by atoms with van der Waals surface area (Å²) >= 11 is 7.95. The quantitative estimate of drug-likeness (QED) is 0.850. The maximum atomic E-state index is 13.1. The van der Waals surface area contributed by atoms with Crippen molar-refractivity contribution in [3.8, 4) is 0 Å². The lowest BCUT2D eigenvalue weighted by molar-refractivity contribution is 0.590. The first-order valence-corrected chi connectivity index (χ1v) is 7.53. The van der Waals surface area contributed by atoms with E-state index in [9.17, 15) is 4.39 Å². The summed E-state index contributed by atoms with van der Waals surface area (Å²) in [5.74, 6) is -0.298. The molecule has 4 heteroatoms. The number of nitrogens with one attached hydrogen (secondary N) is 1. The summed E-state index contributed by atoms with van der Waals surface area (Å²) in [5.41, 5.74) is 0.942. The van der Waals surface area contributed by atoms with Crippen molar-refractivity contribution in [2.45, 2.75) is 25.8 Å². The van der Waals surface area contributed by atoms with Gasteiger partial charge in [-0.2, -0.15) is 0 Å². The molecule has 2 rings (SSSR count). The molecular weight excluding hydrogens is 281 g/mol. The van der Waals surface area contributed by atoms with E-state index in [4.69, 9.17) is 11.6 Å². The Bertz CT molecular complexity index is 553. The van der Waals surface area contributed by atoms with Gasteiger partial charge in [0.25, 0.3) is 0 Å². The number of rotatable bonds is 5. The van der Waals surface area contributed by atoms with Crippen LogP contribution in [0.5, 0.6) is 0 Å². The molecule has 1 atom stereocenters. The Kier molecular flexibility index (Phi) is 4.97. The Hall–Kier alpha value is -0.900. The van der Waals surface area contributed by atoms with Gasteiger partial charge in [-0.05, 0) is 43.3 Å². The van der Waals surface area contributed by atoms with Crippen LogP contribution >= 0.6 is 22.9 Å². The molecular formula is C15H17ClFNS. The minimum absolute atomic E-state index is 0.108. The maximum absolute atomic E-state index is 13.1. The molecule has 0 aliphatic rings. The van der Waals surface area contributed by atoms with Gasteiger partial charge in [-0.15, -0.1) is 11.3 Å². The van der Waals surface area contributed by atoms with Crippen molar-refractivity contribution in [3.05, 3.63) is 56.5 Å². The zero-order valence-corrected chi connectivity index (χ0v) is 12.6. The van der Waals surface area contributed by atoms with E-state index in [0.29, 0.717) is 5.02 Å². The molecule has 0 aliphatic heterocycles. The molecule has 1 aromatic carbocycles. The summed E-state index contributed by atoms with van der Waals surface area (Å²) in [4.78, 5) is 2.70. The lowest BCUT2D eigenvalue weighted by Crippen LogP contribution is -2.18. The first-order chi connectivity index (χ1) is 9.13. The van der Waals surface area contributed by atoms with Crippen LogP contribution in [0.1, 0.15) is 28.3 Å². The third kappa shape index (κ3) is 3.56. The summed E-state index contributed by atoms with van der Waals surface area (Å²) in [5, 5.41) is 3.73. The van der Waals surface area contributed by atoms with Crippen molar-refractivity contribution < 1.29 is 4.39 Å². The monoisotopic (exact) mass is 297 g/mol. The number of benzene rings is 1. The minimum Gasteiger partial charge on any atom is -0.313 e. The first kappa shape index (κ1) is 14.5. The van der Waals surface area contributed by atoms with Crippen LogP contribution in [0.15, 0.2) is 30.3 Å². The van der Waals surface area contributed by atoms with E-state index < -0.39 is 0 Å². The van der Waals surface area contributed by atoms with Gasteiger partial charge in [0.15, 0.2) is 0 Å². The first-order valence-electron chi connectivity index (χ1n) is 6.33. The number of thiophene rings is 1. The van der Waals surface area contributed by atoms with E-state index in [1.54, 1.807) is 6.07 Å². The van der Waals surface area contributed by atoms with Crippen LogP contribution in [-0.4, -0.2) is 7.05 Å². The van der Waals surface area contributed by atoms with Gasteiger partial charge in [-0.25, -0.2) is 4.39 Å². The Morgan fingerprint density at radius 2 is 2.00 bits per heavy atom. The van der Waals surface area contributed by atoms with Crippen LogP contribution in [0.2, 0.25) is 5.02 Å². The standard InChI is InChI=1S/C15H17ClFNS/c1-3-11-5-6-12(19-11)9-15(18-2)13-7-4-10(17)8-14(13)16/h4-8,15,18H,3,9H2,1-2H3. The average Bonchev–Trinajstić information content (AvgIpc) is 2.84. The molecule has 0 aliphatic carbocycles. The van der Waals surface area contributed by atoms with Gasteiger partial charge in [0.2, 0.25) is 0 Å². The SMILES string of the molecule is CCc1ccc(CC(NC)c2ccc(F)cc2Cl)s1. The predicted molar refractivity (Wildman–Crippen MR) is 80.6 cm³/mol. The molecule has 0 saturated heterocycles. The summed E-state index contributed by atoms with van der Waals surface area (Å²) in [6.45, 7) is 2.15. The zero-order chi connectivity index (χ0) is 13.8. The predicted octanol–water partition coefficient (Wildman–Crippen LogP) is 4.61. The fourth-order valence-electron chi connectivity index (χ4n) is 2.07. The van der Waals surface area contributed by atoms with Crippen LogP contribution < -0.4 is 5.32 Å². The fraction of sp³-hybridized carbons (Fsp3) is 0.333. The molecule has 0 saturated carbocycles. The molecule has 0 bridgehead atoms. The van der Waals surface area contributed by atoms with E-state index >= 15 is 0 Å². The molecule has 1 nitrogen and oxygen atoms in total. The van der Waals surface area contributed by atoms with Gasteiger partial charge in [0, 0.05) is 27.2 Å². The minimum atomic E-state index is -0.298. The molecule has 0 radical (unpaired) electrons. The van der Waals surface area contributed by atoms with Gasteiger partial charge in [0.1, 0.15) is 5.82 Å². The largest absolute Gasteiger partial charge is 0.313 e. The molecule has 0 fully saturated rings. The number of halogens is 2. The van der Waals surface area contributed by atoms with Crippen LogP contribution in [-0.2, 0) is 12.8 Å². The lowest BCUT2D eigenvalue weighted by atomic mass is 10.0.